The molecule has 30 heavy (non-hydrogen) atoms. The summed E-state index contributed by atoms with van der Waals surface area (Å²) in [6.45, 7) is 5.85. The molecular formula is C21H18ClN5O2S. The molecule has 0 amide bonds. The maximum absolute atomic E-state index is 13.6. The van der Waals surface area contributed by atoms with Crippen LogP contribution in [0.4, 0.5) is 0 Å². The topological polar surface area (TPSA) is 93.6 Å². The van der Waals surface area contributed by atoms with Gasteiger partial charge in [0.1, 0.15) is 6.07 Å². The van der Waals surface area contributed by atoms with E-state index in [0.717, 1.165) is 5.56 Å². The van der Waals surface area contributed by atoms with E-state index in [4.69, 9.17) is 11.6 Å². The second-order valence-corrected chi connectivity index (χ2v) is 9.41. The zero-order valence-electron chi connectivity index (χ0n) is 16.5. The van der Waals surface area contributed by atoms with E-state index >= 15 is 0 Å². The van der Waals surface area contributed by atoms with Gasteiger partial charge in [-0.3, -0.25) is 4.68 Å². The van der Waals surface area contributed by atoms with Gasteiger partial charge in [0.15, 0.2) is 5.65 Å². The number of fused-ring (bicyclic) bond motifs is 1. The van der Waals surface area contributed by atoms with E-state index in [1.165, 1.54) is 10.2 Å². The number of hydrogen-bond acceptors (Lipinski definition) is 5. The monoisotopic (exact) mass is 439 g/mol. The fraction of sp³-hybridized carbons (Fsp3) is 0.190. The van der Waals surface area contributed by atoms with Crippen molar-refractivity contribution in [1.82, 2.24) is 18.7 Å². The predicted molar refractivity (Wildman–Crippen MR) is 115 cm³/mol. The summed E-state index contributed by atoms with van der Waals surface area (Å²) >= 11 is 6.40. The number of aryl methyl sites for hydroxylation is 1. The number of nitriles is 1. The zero-order valence-corrected chi connectivity index (χ0v) is 18.1. The molecule has 0 fully saturated rings. The first kappa shape index (κ1) is 20.1. The lowest BCUT2D eigenvalue weighted by Crippen LogP contribution is -2.14. The van der Waals surface area contributed by atoms with Gasteiger partial charge in [0.25, 0.3) is 10.0 Å². The standard InChI is InChI=1S/C21H18ClN5O2S/c1-13(2)26-12-16(11-25-26)19-8-18-20(22)15(9-23)10-24-21(18)27(19)30(28,29)17-6-4-14(3)5-7-17/h4-8,10-13H,1-3H3. The molecular weight excluding hydrogens is 422 g/mol. The lowest BCUT2D eigenvalue weighted by molar-refractivity contribution is 0.532. The minimum absolute atomic E-state index is 0.109. The summed E-state index contributed by atoms with van der Waals surface area (Å²) in [7, 11) is -3.99. The largest absolute Gasteiger partial charge is 0.270 e. The molecule has 0 spiro atoms. The minimum atomic E-state index is -3.99. The van der Waals surface area contributed by atoms with Crippen molar-refractivity contribution in [2.24, 2.45) is 0 Å². The first-order valence-electron chi connectivity index (χ1n) is 9.21. The van der Waals surface area contributed by atoms with E-state index in [-0.39, 0.29) is 27.2 Å². The van der Waals surface area contributed by atoms with Gasteiger partial charge in [-0.25, -0.2) is 17.4 Å². The van der Waals surface area contributed by atoms with Crippen LogP contribution in [-0.4, -0.2) is 27.2 Å². The third kappa shape index (κ3) is 3.16. The second kappa shape index (κ2) is 7.27. The van der Waals surface area contributed by atoms with E-state index < -0.39 is 10.0 Å². The molecule has 0 aliphatic rings. The van der Waals surface area contributed by atoms with Crippen LogP contribution in [0, 0.1) is 18.3 Å². The smallest absolute Gasteiger partial charge is 0.269 e. The summed E-state index contributed by atoms with van der Waals surface area (Å²) in [6, 6.07) is 10.3. The van der Waals surface area contributed by atoms with E-state index in [2.05, 4.69) is 10.1 Å². The Hall–Kier alpha value is -3.15. The Bertz CT molecular complexity index is 1410. The molecule has 0 aliphatic heterocycles. The van der Waals surface area contributed by atoms with E-state index in [1.54, 1.807) is 47.4 Å². The molecule has 3 aromatic heterocycles. The molecule has 3 heterocycles. The second-order valence-electron chi connectivity index (χ2n) is 7.25. The van der Waals surface area contributed by atoms with Crippen LogP contribution in [0.1, 0.15) is 31.0 Å². The Balaban J connectivity index is 2.06. The number of rotatable bonds is 4. The van der Waals surface area contributed by atoms with Gasteiger partial charge in [-0.15, -0.1) is 0 Å². The molecule has 152 valence electrons. The third-order valence-electron chi connectivity index (χ3n) is 4.83. The van der Waals surface area contributed by atoms with Gasteiger partial charge < -0.3 is 0 Å². The van der Waals surface area contributed by atoms with Gasteiger partial charge in [0.05, 0.1) is 27.4 Å². The van der Waals surface area contributed by atoms with Crippen LogP contribution in [0.25, 0.3) is 22.3 Å². The molecule has 0 radical (unpaired) electrons. The molecule has 0 saturated carbocycles. The summed E-state index contributed by atoms with van der Waals surface area (Å²) in [5.74, 6) is 0. The summed E-state index contributed by atoms with van der Waals surface area (Å²) in [6.07, 6.45) is 4.67. The van der Waals surface area contributed by atoms with Crippen molar-refractivity contribution in [3.8, 4) is 17.3 Å². The van der Waals surface area contributed by atoms with Crippen molar-refractivity contribution in [3.05, 3.63) is 65.1 Å². The van der Waals surface area contributed by atoms with Crippen molar-refractivity contribution in [2.45, 2.75) is 31.7 Å². The van der Waals surface area contributed by atoms with Crippen LogP contribution < -0.4 is 0 Å². The minimum Gasteiger partial charge on any atom is -0.270 e. The van der Waals surface area contributed by atoms with Gasteiger partial charge in [-0.05, 0) is 39.0 Å². The van der Waals surface area contributed by atoms with Crippen molar-refractivity contribution in [1.29, 1.82) is 5.26 Å². The lowest BCUT2D eigenvalue weighted by atomic mass is 10.2. The predicted octanol–water partition coefficient (Wildman–Crippen LogP) is 4.55. The third-order valence-corrected chi connectivity index (χ3v) is 6.95. The molecule has 4 rings (SSSR count). The fourth-order valence-corrected chi connectivity index (χ4v) is 4.90. The zero-order chi connectivity index (χ0) is 21.6. The van der Waals surface area contributed by atoms with Gasteiger partial charge in [0.2, 0.25) is 0 Å². The molecule has 0 N–H and O–H groups in total. The lowest BCUT2D eigenvalue weighted by Gasteiger charge is -2.11. The first-order valence-corrected chi connectivity index (χ1v) is 11.0. The molecule has 0 atom stereocenters. The summed E-state index contributed by atoms with van der Waals surface area (Å²) in [5.41, 5.74) is 2.27. The molecule has 0 saturated heterocycles. The Morgan fingerprint density at radius 2 is 1.87 bits per heavy atom. The number of aromatic nitrogens is 4. The van der Waals surface area contributed by atoms with Crippen LogP contribution in [0.2, 0.25) is 5.02 Å². The maximum Gasteiger partial charge on any atom is 0.269 e. The van der Waals surface area contributed by atoms with Crippen LogP contribution in [0.5, 0.6) is 0 Å². The number of halogens is 1. The molecule has 0 bridgehead atoms. The average Bonchev–Trinajstić information content (AvgIpc) is 3.34. The molecule has 1 aromatic carbocycles. The summed E-state index contributed by atoms with van der Waals surface area (Å²) < 4.78 is 30.1. The molecule has 4 aromatic rings. The SMILES string of the molecule is Cc1ccc(S(=O)(=O)n2c(-c3cnn(C(C)C)c3)cc3c(Cl)c(C#N)cnc32)cc1. The maximum atomic E-state index is 13.6. The normalized spacial score (nSPS) is 11.9. The number of pyridine rings is 1. The first-order chi connectivity index (χ1) is 14.2. The van der Waals surface area contributed by atoms with Gasteiger partial charge in [-0.2, -0.15) is 10.4 Å². The fourth-order valence-electron chi connectivity index (χ4n) is 3.18. The highest BCUT2D eigenvalue weighted by atomic mass is 35.5. The van der Waals surface area contributed by atoms with Gasteiger partial charge in [-0.1, -0.05) is 29.3 Å². The highest BCUT2D eigenvalue weighted by Gasteiger charge is 2.27. The van der Waals surface area contributed by atoms with E-state index in [0.29, 0.717) is 16.6 Å². The van der Waals surface area contributed by atoms with Crippen molar-refractivity contribution in [2.75, 3.05) is 0 Å². The highest BCUT2D eigenvalue weighted by Crippen LogP contribution is 2.35. The highest BCUT2D eigenvalue weighted by molar-refractivity contribution is 7.90. The van der Waals surface area contributed by atoms with Crippen molar-refractivity contribution >= 4 is 32.7 Å². The van der Waals surface area contributed by atoms with E-state index in [9.17, 15) is 13.7 Å². The Kier molecular flexibility index (Phi) is 4.88. The number of nitrogens with zero attached hydrogens (tertiary/aromatic N) is 5. The molecule has 0 unspecified atom stereocenters. The van der Waals surface area contributed by atoms with Crippen molar-refractivity contribution < 1.29 is 8.42 Å². The van der Waals surface area contributed by atoms with Gasteiger partial charge in [0, 0.05) is 29.4 Å². The number of hydrogen-bond donors (Lipinski definition) is 0. The van der Waals surface area contributed by atoms with Crippen LogP contribution in [0.15, 0.2) is 53.8 Å². The van der Waals surface area contributed by atoms with Crippen LogP contribution in [-0.2, 0) is 10.0 Å². The Morgan fingerprint density at radius 1 is 1.17 bits per heavy atom. The van der Waals surface area contributed by atoms with Crippen LogP contribution >= 0.6 is 11.6 Å². The molecule has 9 heteroatoms. The number of benzene rings is 1. The van der Waals surface area contributed by atoms with Crippen LogP contribution in [0.3, 0.4) is 0 Å². The molecule has 7 nitrogen and oxygen atoms in total. The quantitative estimate of drug-likeness (QED) is 0.465. The summed E-state index contributed by atoms with van der Waals surface area (Å²) in [5, 5.41) is 14.2. The van der Waals surface area contributed by atoms with Gasteiger partial charge >= 0.3 is 0 Å². The Labute approximate surface area is 179 Å². The Morgan fingerprint density at radius 3 is 2.47 bits per heavy atom. The van der Waals surface area contributed by atoms with Crippen molar-refractivity contribution in [3.63, 3.8) is 0 Å². The summed E-state index contributed by atoms with van der Waals surface area (Å²) in [4.78, 5) is 4.39. The average molecular weight is 440 g/mol. The molecule has 0 aliphatic carbocycles. The van der Waals surface area contributed by atoms with E-state index in [1.807, 2.05) is 26.8 Å².